The monoisotopic (exact) mass is 483 g/mol. The van der Waals surface area contributed by atoms with Gasteiger partial charge in [-0.05, 0) is 61.7 Å². The second kappa shape index (κ2) is 8.85. The quantitative estimate of drug-likeness (QED) is 0.490. The Bertz CT molecular complexity index is 1230. The van der Waals surface area contributed by atoms with Crippen LogP contribution in [0.4, 0.5) is 10.8 Å². The van der Waals surface area contributed by atoms with Gasteiger partial charge in [-0.3, -0.25) is 24.2 Å². The molecule has 2 aliphatic rings. The number of rotatable bonds is 5. The normalized spacial score (nSPS) is 18.5. The Morgan fingerprint density at radius 3 is 2.61 bits per heavy atom. The molecule has 2 saturated heterocycles. The first-order chi connectivity index (χ1) is 15.9. The van der Waals surface area contributed by atoms with Crippen LogP contribution in [-0.4, -0.2) is 42.0 Å². The SMILES string of the molecule is Cc1cc(Cl)cc2sc(N(C[C@H]3CCCO3)C(=O)c3ccc(N4C(=O)CCC4=O)cc3)nc12. The predicted octanol–water partition coefficient (Wildman–Crippen LogP) is 4.74. The molecule has 0 radical (unpaired) electrons. The fourth-order valence-corrected chi connectivity index (χ4v) is 5.70. The van der Waals surface area contributed by atoms with Crippen LogP contribution in [0.2, 0.25) is 5.02 Å². The van der Waals surface area contributed by atoms with Crippen LogP contribution in [0.25, 0.3) is 10.2 Å². The Morgan fingerprint density at radius 2 is 1.94 bits per heavy atom. The first-order valence-corrected chi connectivity index (χ1v) is 12.1. The second-order valence-electron chi connectivity index (χ2n) is 8.29. The number of hydrogen-bond donors (Lipinski definition) is 0. The largest absolute Gasteiger partial charge is 0.376 e. The minimum atomic E-state index is -0.220. The Balaban J connectivity index is 1.47. The second-order valence-corrected chi connectivity index (χ2v) is 9.73. The highest BCUT2D eigenvalue weighted by atomic mass is 35.5. The van der Waals surface area contributed by atoms with Crippen LogP contribution in [-0.2, 0) is 14.3 Å². The van der Waals surface area contributed by atoms with Crippen molar-refractivity contribution in [2.24, 2.45) is 0 Å². The summed E-state index contributed by atoms with van der Waals surface area (Å²) < 4.78 is 6.72. The molecule has 3 heterocycles. The van der Waals surface area contributed by atoms with Crippen molar-refractivity contribution in [1.82, 2.24) is 4.98 Å². The molecule has 3 aromatic rings. The Morgan fingerprint density at radius 1 is 1.21 bits per heavy atom. The van der Waals surface area contributed by atoms with Crippen molar-refractivity contribution in [3.63, 3.8) is 0 Å². The summed E-state index contributed by atoms with van der Waals surface area (Å²) in [5, 5.41) is 1.22. The number of nitrogens with zero attached hydrogens (tertiary/aromatic N) is 3. The van der Waals surface area contributed by atoms with E-state index in [1.807, 2.05) is 19.1 Å². The number of hydrogen-bond acceptors (Lipinski definition) is 6. The minimum Gasteiger partial charge on any atom is -0.376 e. The molecule has 0 bridgehead atoms. The highest BCUT2D eigenvalue weighted by Gasteiger charge is 2.31. The van der Waals surface area contributed by atoms with Crippen LogP contribution in [0.5, 0.6) is 0 Å². The van der Waals surface area contributed by atoms with Crippen molar-refractivity contribution in [2.75, 3.05) is 23.0 Å². The number of benzene rings is 2. The lowest BCUT2D eigenvalue weighted by Crippen LogP contribution is -2.37. The molecule has 2 fully saturated rings. The zero-order valence-corrected chi connectivity index (χ0v) is 19.6. The summed E-state index contributed by atoms with van der Waals surface area (Å²) in [4.78, 5) is 45.2. The summed E-state index contributed by atoms with van der Waals surface area (Å²) in [6.45, 7) is 3.04. The molecule has 170 valence electrons. The van der Waals surface area contributed by atoms with Gasteiger partial charge in [0, 0.05) is 30.0 Å². The van der Waals surface area contributed by atoms with Crippen molar-refractivity contribution >= 4 is 61.7 Å². The first-order valence-electron chi connectivity index (χ1n) is 10.9. The predicted molar refractivity (Wildman–Crippen MR) is 128 cm³/mol. The lowest BCUT2D eigenvalue weighted by atomic mass is 10.1. The number of imide groups is 1. The summed E-state index contributed by atoms with van der Waals surface area (Å²) in [5.41, 5.74) is 2.71. The van der Waals surface area contributed by atoms with Crippen molar-refractivity contribution in [2.45, 2.75) is 38.7 Å². The fourth-order valence-electron chi connectivity index (χ4n) is 4.27. The van der Waals surface area contributed by atoms with E-state index in [4.69, 9.17) is 21.3 Å². The number of carbonyl (C=O) groups excluding carboxylic acids is 3. The van der Waals surface area contributed by atoms with Crippen molar-refractivity contribution in [1.29, 1.82) is 0 Å². The molecule has 5 rings (SSSR count). The van der Waals surface area contributed by atoms with Gasteiger partial charge in [-0.25, -0.2) is 4.98 Å². The topological polar surface area (TPSA) is 79.8 Å². The molecule has 33 heavy (non-hydrogen) atoms. The highest BCUT2D eigenvalue weighted by Crippen LogP contribution is 2.34. The number of aryl methyl sites for hydroxylation is 1. The van der Waals surface area contributed by atoms with Crippen LogP contribution in [0.3, 0.4) is 0 Å². The minimum absolute atomic E-state index is 0.0511. The smallest absolute Gasteiger partial charge is 0.260 e. The van der Waals surface area contributed by atoms with E-state index in [1.165, 1.54) is 16.2 Å². The molecule has 2 aromatic carbocycles. The summed E-state index contributed by atoms with van der Waals surface area (Å²) >= 11 is 7.64. The van der Waals surface area contributed by atoms with Gasteiger partial charge < -0.3 is 4.74 Å². The summed E-state index contributed by atoms with van der Waals surface area (Å²) in [6, 6.07) is 10.3. The number of thiazole rings is 1. The van der Waals surface area contributed by atoms with Gasteiger partial charge in [0.2, 0.25) is 11.8 Å². The molecular weight excluding hydrogens is 462 g/mol. The number of carbonyl (C=O) groups is 3. The third-order valence-electron chi connectivity index (χ3n) is 5.95. The third kappa shape index (κ3) is 4.26. The van der Waals surface area contributed by atoms with E-state index in [1.54, 1.807) is 29.2 Å². The molecule has 0 unspecified atom stereocenters. The lowest BCUT2D eigenvalue weighted by Gasteiger charge is -2.23. The molecule has 0 saturated carbocycles. The zero-order chi connectivity index (χ0) is 23.1. The highest BCUT2D eigenvalue weighted by molar-refractivity contribution is 7.22. The van der Waals surface area contributed by atoms with E-state index < -0.39 is 0 Å². The summed E-state index contributed by atoms with van der Waals surface area (Å²) in [7, 11) is 0. The van der Waals surface area contributed by atoms with Gasteiger partial charge in [0.1, 0.15) is 0 Å². The molecule has 0 N–H and O–H groups in total. The van der Waals surface area contributed by atoms with E-state index in [2.05, 4.69) is 0 Å². The van der Waals surface area contributed by atoms with Gasteiger partial charge in [-0.2, -0.15) is 0 Å². The molecule has 1 atom stereocenters. The Hall–Kier alpha value is -2.81. The van der Waals surface area contributed by atoms with Crippen LogP contribution >= 0.6 is 22.9 Å². The maximum Gasteiger partial charge on any atom is 0.260 e. The Kier molecular flexibility index (Phi) is 5.90. The van der Waals surface area contributed by atoms with E-state index in [0.29, 0.717) is 34.6 Å². The lowest BCUT2D eigenvalue weighted by molar-refractivity contribution is -0.121. The molecule has 2 aliphatic heterocycles. The van der Waals surface area contributed by atoms with Crippen LogP contribution in [0.1, 0.15) is 41.6 Å². The van der Waals surface area contributed by atoms with E-state index in [9.17, 15) is 14.4 Å². The molecule has 0 aliphatic carbocycles. The van der Waals surface area contributed by atoms with Crippen molar-refractivity contribution in [3.05, 3.63) is 52.5 Å². The number of halogens is 1. The van der Waals surface area contributed by atoms with Crippen LogP contribution < -0.4 is 9.80 Å². The third-order valence-corrected chi connectivity index (χ3v) is 7.19. The molecular formula is C24H22ClN3O4S. The van der Waals surface area contributed by atoms with Crippen LogP contribution in [0.15, 0.2) is 36.4 Å². The van der Waals surface area contributed by atoms with E-state index in [0.717, 1.165) is 28.6 Å². The van der Waals surface area contributed by atoms with Crippen LogP contribution in [0, 0.1) is 6.92 Å². The number of ether oxygens (including phenoxy) is 1. The molecule has 0 spiro atoms. The molecule has 1 aromatic heterocycles. The van der Waals surface area contributed by atoms with Crippen molar-refractivity contribution in [3.8, 4) is 0 Å². The molecule has 7 nitrogen and oxygen atoms in total. The Labute approximate surface area is 199 Å². The maximum atomic E-state index is 13.6. The van der Waals surface area contributed by atoms with Gasteiger partial charge >= 0.3 is 0 Å². The van der Waals surface area contributed by atoms with E-state index >= 15 is 0 Å². The summed E-state index contributed by atoms with van der Waals surface area (Å²) in [5.74, 6) is -0.649. The average Bonchev–Trinajstić information content (AvgIpc) is 3.52. The molecule has 3 amide bonds. The van der Waals surface area contributed by atoms with Gasteiger partial charge in [-0.15, -0.1) is 0 Å². The number of anilines is 2. The van der Waals surface area contributed by atoms with Gasteiger partial charge in [-0.1, -0.05) is 22.9 Å². The maximum absolute atomic E-state index is 13.6. The number of fused-ring (bicyclic) bond motifs is 1. The van der Waals surface area contributed by atoms with Gasteiger partial charge in [0.25, 0.3) is 5.91 Å². The van der Waals surface area contributed by atoms with E-state index in [-0.39, 0.29) is 36.7 Å². The fraction of sp³-hybridized carbons (Fsp3) is 0.333. The van der Waals surface area contributed by atoms with Gasteiger partial charge in [0.15, 0.2) is 5.13 Å². The molecule has 9 heteroatoms. The standard InChI is InChI=1S/C24H22ClN3O4S/c1-14-11-16(25)12-19-22(14)26-24(33-19)27(13-18-3-2-10-32-18)23(31)15-4-6-17(7-5-15)28-20(29)8-9-21(28)30/h4-7,11-12,18H,2-3,8-10,13H2,1H3/t18-/m1/s1. The first kappa shape index (κ1) is 22.0. The number of aromatic nitrogens is 1. The summed E-state index contributed by atoms with van der Waals surface area (Å²) in [6.07, 6.45) is 2.24. The van der Waals surface area contributed by atoms with Gasteiger partial charge in [0.05, 0.1) is 28.6 Å². The van der Waals surface area contributed by atoms with Crippen molar-refractivity contribution < 1.29 is 19.1 Å². The average molecular weight is 484 g/mol. The zero-order valence-electron chi connectivity index (χ0n) is 18.0. The number of amides is 3.